The molecule has 76 valence electrons. The number of nitrogens with zero attached hydrogens (tertiary/aromatic N) is 3. The normalized spacial score (nSPS) is 14.9. The molecule has 0 amide bonds. The summed E-state index contributed by atoms with van der Waals surface area (Å²) in [6.45, 7) is 0. The third-order valence-corrected chi connectivity index (χ3v) is 2.38. The molecule has 1 heterocycles. The third-order valence-electron chi connectivity index (χ3n) is 2.38. The van der Waals surface area contributed by atoms with Crippen molar-refractivity contribution in [3.63, 3.8) is 0 Å². The quantitative estimate of drug-likeness (QED) is 0.662. The maximum atomic E-state index is 8.91. The number of nitrogens with one attached hydrogen (secondary N) is 1. The largest absolute Gasteiger partial charge is 0.339 e. The van der Waals surface area contributed by atoms with E-state index in [-0.39, 0.29) is 5.57 Å². The Kier molecular flexibility index (Phi) is 2.41. The van der Waals surface area contributed by atoms with Gasteiger partial charge in [-0.05, 0) is 6.07 Å². The summed E-state index contributed by atoms with van der Waals surface area (Å²) < 4.78 is 0. The molecule has 0 bridgehead atoms. The summed E-state index contributed by atoms with van der Waals surface area (Å²) in [5.74, 6) is 0.569. The second kappa shape index (κ2) is 3.88. The van der Waals surface area contributed by atoms with Crippen molar-refractivity contribution in [3.05, 3.63) is 35.4 Å². The van der Waals surface area contributed by atoms with Gasteiger partial charge in [-0.1, -0.05) is 18.2 Å². The van der Waals surface area contributed by atoms with Crippen LogP contribution in [0.5, 0.6) is 0 Å². The summed E-state index contributed by atoms with van der Waals surface area (Å²) in [7, 11) is 1.63. The van der Waals surface area contributed by atoms with E-state index in [2.05, 4.69) is 10.3 Å². The molecular formula is C12H8N4. The molecule has 0 spiro atoms. The molecule has 16 heavy (non-hydrogen) atoms. The van der Waals surface area contributed by atoms with Crippen LogP contribution in [0.3, 0.4) is 0 Å². The smallest absolute Gasteiger partial charge is 0.141 e. The number of hydrogen-bond acceptors (Lipinski definition) is 3. The molecule has 0 aliphatic carbocycles. The van der Waals surface area contributed by atoms with Crippen LogP contribution in [0.4, 0.5) is 5.69 Å². The summed E-state index contributed by atoms with van der Waals surface area (Å²) in [6, 6.07) is 11.3. The highest BCUT2D eigenvalue weighted by atomic mass is 15.0. The second-order valence-electron chi connectivity index (χ2n) is 3.22. The van der Waals surface area contributed by atoms with Gasteiger partial charge in [0.15, 0.2) is 0 Å². The van der Waals surface area contributed by atoms with Gasteiger partial charge in [0, 0.05) is 18.3 Å². The first-order chi connectivity index (χ1) is 7.81. The number of allylic oxidation sites excluding steroid dienone is 1. The summed E-state index contributed by atoms with van der Waals surface area (Å²) in [4.78, 5) is 4.05. The van der Waals surface area contributed by atoms with Crippen molar-refractivity contribution in [2.45, 2.75) is 0 Å². The van der Waals surface area contributed by atoms with Gasteiger partial charge in [-0.25, -0.2) is 0 Å². The van der Waals surface area contributed by atoms with Crippen LogP contribution in [0.15, 0.2) is 34.8 Å². The topological polar surface area (TPSA) is 72.0 Å². The summed E-state index contributed by atoms with van der Waals surface area (Å²) in [6.07, 6.45) is 0. The molecule has 0 atom stereocenters. The van der Waals surface area contributed by atoms with Gasteiger partial charge in [-0.3, -0.25) is 4.99 Å². The lowest BCUT2D eigenvalue weighted by Crippen LogP contribution is -2.06. The summed E-state index contributed by atoms with van der Waals surface area (Å²) in [5, 5.41) is 20.9. The molecule has 0 aromatic heterocycles. The Hall–Kier alpha value is -2.59. The number of nitriles is 2. The van der Waals surface area contributed by atoms with E-state index in [4.69, 9.17) is 10.5 Å². The molecule has 4 heteroatoms. The fourth-order valence-corrected chi connectivity index (χ4v) is 1.69. The van der Waals surface area contributed by atoms with Crippen LogP contribution in [0.2, 0.25) is 0 Å². The minimum absolute atomic E-state index is 0.0815. The minimum Gasteiger partial charge on any atom is -0.339 e. The zero-order valence-electron chi connectivity index (χ0n) is 8.65. The van der Waals surface area contributed by atoms with Gasteiger partial charge in [-0.15, -0.1) is 0 Å². The van der Waals surface area contributed by atoms with Gasteiger partial charge in [0.25, 0.3) is 0 Å². The van der Waals surface area contributed by atoms with E-state index in [1.807, 2.05) is 36.4 Å². The number of aliphatic imine (C=N–C) groups is 1. The molecule has 0 fully saturated rings. The second-order valence-corrected chi connectivity index (χ2v) is 3.22. The minimum atomic E-state index is 0.0815. The van der Waals surface area contributed by atoms with Crippen LogP contribution >= 0.6 is 0 Å². The molecular weight excluding hydrogens is 200 g/mol. The Morgan fingerprint density at radius 1 is 1.25 bits per heavy atom. The fourth-order valence-electron chi connectivity index (χ4n) is 1.69. The molecule has 0 saturated carbocycles. The van der Waals surface area contributed by atoms with Gasteiger partial charge in [-0.2, -0.15) is 10.5 Å². The summed E-state index contributed by atoms with van der Waals surface area (Å²) >= 11 is 0. The van der Waals surface area contributed by atoms with E-state index in [0.29, 0.717) is 11.4 Å². The average Bonchev–Trinajstić information content (AvgIpc) is 2.70. The van der Waals surface area contributed by atoms with Crippen molar-refractivity contribution in [1.82, 2.24) is 0 Å². The molecule has 1 aliphatic heterocycles. The Morgan fingerprint density at radius 3 is 2.56 bits per heavy atom. The molecule has 1 aromatic rings. The van der Waals surface area contributed by atoms with Crippen molar-refractivity contribution in [1.29, 1.82) is 10.5 Å². The van der Waals surface area contributed by atoms with E-state index >= 15 is 0 Å². The van der Waals surface area contributed by atoms with E-state index in [9.17, 15) is 0 Å². The van der Waals surface area contributed by atoms with Gasteiger partial charge in [0.05, 0.1) is 5.57 Å². The van der Waals surface area contributed by atoms with Crippen molar-refractivity contribution < 1.29 is 0 Å². The maximum Gasteiger partial charge on any atom is 0.141 e. The monoisotopic (exact) mass is 208 g/mol. The van der Waals surface area contributed by atoms with Crippen LogP contribution in [-0.4, -0.2) is 12.9 Å². The molecule has 0 unspecified atom stereocenters. The number of hydrogen-bond donors (Lipinski definition) is 1. The number of benzene rings is 1. The predicted octanol–water partition coefficient (Wildman–Crippen LogP) is 1.94. The van der Waals surface area contributed by atoms with Crippen LogP contribution in [0.25, 0.3) is 5.57 Å². The fraction of sp³-hybridized carbons (Fsp3) is 0.0833. The molecule has 1 aliphatic rings. The number of amidine groups is 1. The van der Waals surface area contributed by atoms with E-state index < -0.39 is 0 Å². The lowest BCUT2D eigenvalue weighted by Gasteiger charge is -1.98. The Labute approximate surface area is 93.2 Å². The molecule has 4 nitrogen and oxygen atoms in total. The molecule has 0 radical (unpaired) electrons. The SMILES string of the molecule is CN=C1Nc2ccccc2C1=C(C#N)C#N. The average molecular weight is 208 g/mol. The number of rotatable bonds is 0. The van der Waals surface area contributed by atoms with E-state index in [1.54, 1.807) is 7.05 Å². The van der Waals surface area contributed by atoms with Crippen molar-refractivity contribution in [2.24, 2.45) is 4.99 Å². The highest BCUT2D eigenvalue weighted by molar-refractivity contribution is 6.35. The lowest BCUT2D eigenvalue weighted by molar-refractivity contribution is 1.43. The zero-order valence-corrected chi connectivity index (χ0v) is 8.65. The first kappa shape index (κ1) is 9.95. The van der Waals surface area contributed by atoms with Gasteiger partial charge in [0.1, 0.15) is 23.5 Å². The Balaban J connectivity index is 2.75. The van der Waals surface area contributed by atoms with Crippen molar-refractivity contribution in [2.75, 3.05) is 12.4 Å². The van der Waals surface area contributed by atoms with Crippen molar-refractivity contribution >= 4 is 17.1 Å². The number of anilines is 1. The molecule has 0 saturated heterocycles. The van der Waals surface area contributed by atoms with Gasteiger partial charge >= 0.3 is 0 Å². The number of para-hydroxylation sites is 1. The van der Waals surface area contributed by atoms with E-state index in [0.717, 1.165) is 11.3 Å². The highest BCUT2D eigenvalue weighted by Gasteiger charge is 2.24. The lowest BCUT2D eigenvalue weighted by atomic mass is 10.0. The van der Waals surface area contributed by atoms with Crippen LogP contribution in [0, 0.1) is 22.7 Å². The maximum absolute atomic E-state index is 8.91. The predicted molar refractivity (Wildman–Crippen MR) is 61.6 cm³/mol. The highest BCUT2D eigenvalue weighted by Crippen LogP contribution is 2.33. The van der Waals surface area contributed by atoms with Gasteiger partial charge < -0.3 is 5.32 Å². The molecule has 1 aromatic carbocycles. The Morgan fingerprint density at radius 2 is 1.94 bits per heavy atom. The Bertz CT molecular complexity index is 566. The molecule has 2 rings (SSSR count). The van der Waals surface area contributed by atoms with Crippen molar-refractivity contribution in [3.8, 4) is 12.1 Å². The first-order valence-corrected chi connectivity index (χ1v) is 4.70. The van der Waals surface area contributed by atoms with Crippen LogP contribution in [-0.2, 0) is 0 Å². The molecule has 1 N–H and O–H groups in total. The third kappa shape index (κ3) is 1.34. The number of fused-ring (bicyclic) bond motifs is 1. The standard InChI is InChI=1S/C12H8N4/c1-15-12-11(8(6-13)7-14)9-4-2-3-5-10(9)16-12/h2-5H,1H3,(H,15,16). The van der Waals surface area contributed by atoms with Gasteiger partial charge in [0.2, 0.25) is 0 Å². The van der Waals surface area contributed by atoms with Crippen LogP contribution < -0.4 is 5.32 Å². The van der Waals surface area contributed by atoms with Crippen LogP contribution in [0.1, 0.15) is 5.56 Å². The first-order valence-electron chi connectivity index (χ1n) is 4.70. The van der Waals surface area contributed by atoms with E-state index in [1.165, 1.54) is 0 Å². The summed E-state index contributed by atoms with van der Waals surface area (Å²) in [5.41, 5.74) is 2.39. The zero-order chi connectivity index (χ0) is 11.5.